The average Bonchev–Trinajstić information content (AvgIpc) is 2.55. The molecule has 0 atom stereocenters. The monoisotopic (exact) mass is 369 g/mol. The summed E-state index contributed by atoms with van der Waals surface area (Å²) < 4.78 is 40.1. The Labute approximate surface area is 146 Å². The smallest absolute Gasteiger partial charge is 0.243 e. The molecule has 0 spiro atoms. The maximum absolute atomic E-state index is 13.3. The molecular formula is C17H19ClFN2O2S+. The first-order chi connectivity index (χ1) is 11.4. The Morgan fingerprint density at radius 3 is 2.46 bits per heavy atom. The SMILES string of the molecule is O=S(=O)(c1cccc(Cl)c1)N1CC[NH+](Cc2cccc(F)c2)CC1. The van der Waals surface area contributed by atoms with Crippen LogP contribution in [0.1, 0.15) is 5.56 Å². The minimum Gasteiger partial charge on any atom is -0.329 e. The molecule has 0 bridgehead atoms. The van der Waals surface area contributed by atoms with Gasteiger partial charge in [-0.25, -0.2) is 12.8 Å². The predicted octanol–water partition coefficient (Wildman–Crippen LogP) is 1.57. The fraction of sp³-hybridized carbons (Fsp3) is 0.294. The second-order valence-corrected chi connectivity index (χ2v) is 8.29. The zero-order valence-corrected chi connectivity index (χ0v) is 14.7. The summed E-state index contributed by atoms with van der Waals surface area (Å²) in [5.74, 6) is -0.242. The van der Waals surface area contributed by atoms with Gasteiger partial charge in [0.05, 0.1) is 31.1 Å². The van der Waals surface area contributed by atoms with Gasteiger partial charge in [-0.05, 0) is 30.3 Å². The molecule has 1 aliphatic heterocycles. The summed E-state index contributed by atoms with van der Waals surface area (Å²) in [5.41, 5.74) is 0.927. The van der Waals surface area contributed by atoms with E-state index in [9.17, 15) is 12.8 Å². The van der Waals surface area contributed by atoms with Crippen LogP contribution in [-0.4, -0.2) is 38.9 Å². The van der Waals surface area contributed by atoms with Gasteiger partial charge in [-0.15, -0.1) is 0 Å². The summed E-state index contributed by atoms with van der Waals surface area (Å²) in [5, 5.41) is 0.409. The number of nitrogens with one attached hydrogen (secondary N) is 1. The number of hydrogen-bond donors (Lipinski definition) is 1. The molecule has 0 aromatic heterocycles. The molecule has 7 heteroatoms. The van der Waals surface area contributed by atoms with E-state index in [1.165, 1.54) is 27.4 Å². The zero-order chi connectivity index (χ0) is 17.2. The van der Waals surface area contributed by atoms with E-state index >= 15 is 0 Å². The molecule has 1 N–H and O–H groups in total. The number of rotatable bonds is 4. The Morgan fingerprint density at radius 2 is 1.79 bits per heavy atom. The van der Waals surface area contributed by atoms with Crippen molar-refractivity contribution in [2.24, 2.45) is 0 Å². The second kappa shape index (κ2) is 7.19. The quantitative estimate of drug-likeness (QED) is 0.888. The first-order valence-electron chi connectivity index (χ1n) is 7.79. The average molecular weight is 370 g/mol. The van der Waals surface area contributed by atoms with Crippen LogP contribution >= 0.6 is 11.6 Å². The van der Waals surface area contributed by atoms with Crippen LogP contribution in [0.25, 0.3) is 0 Å². The lowest BCUT2D eigenvalue weighted by atomic mass is 10.2. The molecule has 2 aromatic rings. The first-order valence-corrected chi connectivity index (χ1v) is 9.61. The topological polar surface area (TPSA) is 41.8 Å². The lowest BCUT2D eigenvalue weighted by Crippen LogP contribution is -3.13. The van der Waals surface area contributed by atoms with Crippen LogP contribution in [0.15, 0.2) is 53.4 Å². The van der Waals surface area contributed by atoms with E-state index in [0.717, 1.165) is 5.56 Å². The van der Waals surface area contributed by atoms with Crippen molar-refractivity contribution in [2.45, 2.75) is 11.4 Å². The van der Waals surface area contributed by atoms with Gasteiger partial charge in [0.1, 0.15) is 12.4 Å². The largest absolute Gasteiger partial charge is 0.329 e. The molecule has 0 aliphatic carbocycles. The van der Waals surface area contributed by atoms with Crippen molar-refractivity contribution in [3.05, 3.63) is 64.9 Å². The molecular weight excluding hydrogens is 351 g/mol. The van der Waals surface area contributed by atoms with Gasteiger partial charge in [0.2, 0.25) is 10.0 Å². The first kappa shape index (κ1) is 17.4. The van der Waals surface area contributed by atoms with Gasteiger partial charge in [-0.1, -0.05) is 29.8 Å². The van der Waals surface area contributed by atoms with Gasteiger partial charge < -0.3 is 4.90 Å². The third-order valence-electron chi connectivity index (χ3n) is 4.21. The molecule has 24 heavy (non-hydrogen) atoms. The number of benzene rings is 2. The Balaban J connectivity index is 1.64. The van der Waals surface area contributed by atoms with Crippen LogP contribution in [0.3, 0.4) is 0 Å². The van der Waals surface area contributed by atoms with E-state index in [1.54, 1.807) is 24.3 Å². The number of hydrogen-bond acceptors (Lipinski definition) is 2. The zero-order valence-electron chi connectivity index (χ0n) is 13.1. The van der Waals surface area contributed by atoms with Gasteiger partial charge in [0.25, 0.3) is 0 Å². The fourth-order valence-electron chi connectivity index (χ4n) is 2.93. The van der Waals surface area contributed by atoms with Crippen molar-refractivity contribution in [3.63, 3.8) is 0 Å². The number of halogens is 2. The highest BCUT2D eigenvalue weighted by Gasteiger charge is 2.30. The van der Waals surface area contributed by atoms with E-state index in [1.807, 2.05) is 6.07 Å². The lowest BCUT2D eigenvalue weighted by molar-refractivity contribution is -0.917. The Kier molecular flexibility index (Phi) is 5.20. The van der Waals surface area contributed by atoms with Crippen LogP contribution < -0.4 is 4.90 Å². The Bertz CT molecular complexity index is 821. The van der Waals surface area contributed by atoms with Gasteiger partial charge in [0.15, 0.2) is 0 Å². The van der Waals surface area contributed by atoms with Crippen LogP contribution in [0, 0.1) is 5.82 Å². The summed E-state index contributed by atoms with van der Waals surface area (Å²) >= 11 is 5.90. The number of piperazine rings is 1. The van der Waals surface area contributed by atoms with Crippen molar-refractivity contribution in [1.29, 1.82) is 0 Å². The van der Waals surface area contributed by atoms with Crippen molar-refractivity contribution in [1.82, 2.24) is 4.31 Å². The molecule has 1 aliphatic rings. The van der Waals surface area contributed by atoms with E-state index in [2.05, 4.69) is 0 Å². The predicted molar refractivity (Wildman–Crippen MR) is 91.0 cm³/mol. The highest BCUT2D eigenvalue weighted by atomic mass is 35.5. The molecule has 0 amide bonds. The summed E-state index contributed by atoms with van der Waals surface area (Å²) in [6.07, 6.45) is 0. The molecule has 1 saturated heterocycles. The molecule has 3 rings (SSSR count). The van der Waals surface area contributed by atoms with E-state index in [-0.39, 0.29) is 10.7 Å². The Morgan fingerprint density at radius 1 is 1.08 bits per heavy atom. The van der Waals surface area contributed by atoms with Gasteiger partial charge in [-0.3, -0.25) is 0 Å². The van der Waals surface area contributed by atoms with E-state index < -0.39 is 10.0 Å². The minimum absolute atomic E-state index is 0.226. The highest BCUT2D eigenvalue weighted by Crippen LogP contribution is 2.19. The summed E-state index contributed by atoms with van der Waals surface area (Å²) in [6, 6.07) is 12.9. The molecule has 0 unspecified atom stereocenters. The summed E-state index contributed by atoms with van der Waals surface area (Å²) in [6.45, 7) is 2.97. The molecule has 2 aromatic carbocycles. The normalized spacial score (nSPS) is 17.1. The molecule has 1 heterocycles. The van der Waals surface area contributed by atoms with Crippen molar-refractivity contribution >= 4 is 21.6 Å². The Hall–Kier alpha value is -1.47. The maximum Gasteiger partial charge on any atom is 0.243 e. The molecule has 1 fully saturated rings. The van der Waals surface area contributed by atoms with E-state index in [0.29, 0.717) is 37.7 Å². The third-order valence-corrected chi connectivity index (χ3v) is 6.34. The van der Waals surface area contributed by atoms with Gasteiger partial charge in [-0.2, -0.15) is 4.31 Å². The van der Waals surface area contributed by atoms with Crippen LogP contribution in [0.5, 0.6) is 0 Å². The minimum atomic E-state index is -3.51. The number of nitrogens with zero attached hydrogens (tertiary/aromatic N) is 1. The van der Waals surface area contributed by atoms with Crippen LogP contribution in [0.4, 0.5) is 4.39 Å². The molecule has 128 valence electrons. The number of quaternary nitrogens is 1. The lowest BCUT2D eigenvalue weighted by Gasteiger charge is -2.31. The highest BCUT2D eigenvalue weighted by molar-refractivity contribution is 7.89. The molecule has 0 saturated carbocycles. The second-order valence-electron chi connectivity index (χ2n) is 5.92. The van der Waals surface area contributed by atoms with Gasteiger partial charge in [0, 0.05) is 10.6 Å². The number of sulfonamides is 1. The van der Waals surface area contributed by atoms with Crippen molar-refractivity contribution in [2.75, 3.05) is 26.2 Å². The fourth-order valence-corrected chi connectivity index (χ4v) is 4.67. The van der Waals surface area contributed by atoms with Crippen LogP contribution in [-0.2, 0) is 16.6 Å². The standard InChI is InChI=1S/C17H18ClFN2O2S/c18-15-4-2-6-17(12-15)24(22,23)21-9-7-20(8-10-21)13-14-3-1-5-16(19)11-14/h1-6,11-12H,7-10,13H2/p+1. The van der Waals surface area contributed by atoms with Crippen molar-refractivity contribution < 1.29 is 17.7 Å². The molecule has 4 nitrogen and oxygen atoms in total. The van der Waals surface area contributed by atoms with E-state index in [4.69, 9.17) is 11.6 Å². The van der Waals surface area contributed by atoms with Gasteiger partial charge >= 0.3 is 0 Å². The molecule has 0 radical (unpaired) electrons. The van der Waals surface area contributed by atoms with Crippen LogP contribution in [0.2, 0.25) is 5.02 Å². The summed E-state index contributed by atoms with van der Waals surface area (Å²) in [7, 11) is -3.51. The van der Waals surface area contributed by atoms with Crippen molar-refractivity contribution in [3.8, 4) is 0 Å². The summed E-state index contributed by atoms with van der Waals surface area (Å²) in [4.78, 5) is 1.47. The maximum atomic E-state index is 13.3. The third kappa shape index (κ3) is 3.95.